The van der Waals surface area contributed by atoms with E-state index in [0.717, 1.165) is 0 Å². The first kappa shape index (κ1) is 9.86. The fourth-order valence-corrected chi connectivity index (χ4v) is 1.49. The van der Waals surface area contributed by atoms with Gasteiger partial charge in [-0.05, 0) is 11.0 Å². The Morgan fingerprint density at radius 2 is 1.69 bits per heavy atom. The van der Waals surface area contributed by atoms with Gasteiger partial charge in [0.2, 0.25) is 0 Å². The second kappa shape index (κ2) is 3.66. The second-order valence-electron chi connectivity index (χ2n) is 4.38. The van der Waals surface area contributed by atoms with Crippen LogP contribution in [0, 0.1) is 17.8 Å². The lowest BCUT2D eigenvalue weighted by atomic mass is 9.77. The molecule has 1 aromatic rings. The van der Waals surface area contributed by atoms with Crippen molar-refractivity contribution in [2.45, 2.75) is 26.7 Å². The van der Waals surface area contributed by atoms with Crippen molar-refractivity contribution >= 4 is 0 Å². The summed E-state index contributed by atoms with van der Waals surface area (Å²) in [5, 5.41) is 0. The van der Waals surface area contributed by atoms with Crippen LogP contribution in [0.3, 0.4) is 0 Å². The maximum atomic E-state index is 5.54. The first-order chi connectivity index (χ1) is 6.05. The van der Waals surface area contributed by atoms with E-state index in [9.17, 15) is 0 Å². The molecule has 1 aromatic carbocycles. The largest absolute Gasteiger partial charge is 0.119 e. The molecule has 0 fully saturated rings. The van der Waals surface area contributed by atoms with E-state index in [0.29, 0.717) is 0 Å². The molecule has 0 radical (unpaired) electrons. The smallest absolute Gasteiger partial charge is 0.0497 e. The Labute approximate surface area is 81.0 Å². The van der Waals surface area contributed by atoms with Crippen LogP contribution in [0.5, 0.6) is 0 Å². The standard InChI is InChI=1S/C13H16/c1-5-12(13(2,3)4)11-9-7-6-8-10-11/h1,6-10,12H,2-4H3. The van der Waals surface area contributed by atoms with Crippen LogP contribution in [-0.2, 0) is 0 Å². The summed E-state index contributed by atoms with van der Waals surface area (Å²) in [6.45, 7) is 6.51. The lowest BCUT2D eigenvalue weighted by Gasteiger charge is -2.26. The zero-order valence-electron chi connectivity index (χ0n) is 8.54. The quantitative estimate of drug-likeness (QED) is 0.569. The van der Waals surface area contributed by atoms with Crippen LogP contribution in [0.15, 0.2) is 30.3 Å². The van der Waals surface area contributed by atoms with Gasteiger partial charge >= 0.3 is 0 Å². The molecule has 1 rings (SSSR count). The van der Waals surface area contributed by atoms with Gasteiger partial charge in [0.05, 0.1) is 0 Å². The summed E-state index contributed by atoms with van der Waals surface area (Å²) >= 11 is 0. The molecule has 0 nitrogen and oxygen atoms in total. The van der Waals surface area contributed by atoms with Gasteiger partial charge < -0.3 is 0 Å². The van der Waals surface area contributed by atoms with Gasteiger partial charge in [-0.15, -0.1) is 6.42 Å². The van der Waals surface area contributed by atoms with Crippen molar-refractivity contribution in [1.29, 1.82) is 0 Å². The normalized spacial score (nSPS) is 13.4. The molecular weight excluding hydrogens is 156 g/mol. The molecule has 0 heterocycles. The van der Waals surface area contributed by atoms with Crippen molar-refractivity contribution < 1.29 is 0 Å². The van der Waals surface area contributed by atoms with E-state index in [2.05, 4.69) is 38.8 Å². The highest BCUT2D eigenvalue weighted by atomic mass is 14.3. The van der Waals surface area contributed by atoms with E-state index in [-0.39, 0.29) is 11.3 Å². The van der Waals surface area contributed by atoms with Crippen molar-refractivity contribution in [2.24, 2.45) is 5.41 Å². The lowest BCUT2D eigenvalue weighted by Crippen LogP contribution is -2.16. The molecule has 1 atom stereocenters. The van der Waals surface area contributed by atoms with E-state index < -0.39 is 0 Å². The van der Waals surface area contributed by atoms with Gasteiger partial charge in [-0.2, -0.15) is 0 Å². The Hall–Kier alpha value is -1.22. The number of terminal acetylenes is 1. The molecule has 13 heavy (non-hydrogen) atoms. The summed E-state index contributed by atoms with van der Waals surface area (Å²) in [5.41, 5.74) is 1.37. The predicted octanol–water partition coefficient (Wildman–Crippen LogP) is 3.45. The summed E-state index contributed by atoms with van der Waals surface area (Å²) < 4.78 is 0. The summed E-state index contributed by atoms with van der Waals surface area (Å²) in [6, 6.07) is 10.3. The molecule has 0 bridgehead atoms. The number of hydrogen-bond acceptors (Lipinski definition) is 0. The highest BCUT2D eigenvalue weighted by Gasteiger charge is 2.23. The van der Waals surface area contributed by atoms with Crippen LogP contribution in [0.25, 0.3) is 0 Å². The first-order valence-electron chi connectivity index (χ1n) is 4.57. The lowest BCUT2D eigenvalue weighted by molar-refractivity contribution is 0.375. The maximum absolute atomic E-state index is 5.54. The van der Waals surface area contributed by atoms with Crippen LogP contribution in [0.2, 0.25) is 0 Å². The van der Waals surface area contributed by atoms with E-state index in [1.165, 1.54) is 5.56 Å². The Morgan fingerprint density at radius 3 is 2.08 bits per heavy atom. The van der Waals surface area contributed by atoms with Crippen LogP contribution in [-0.4, -0.2) is 0 Å². The zero-order valence-corrected chi connectivity index (χ0v) is 8.54. The van der Waals surface area contributed by atoms with E-state index in [1.807, 2.05) is 18.2 Å². The third-order valence-corrected chi connectivity index (χ3v) is 2.17. The molecule has 0 saturated carbocycles. The minimum absolute atomic E-state index is 0.135. The van der Waals surface area contributed by atoms with Gasteiger partial charge in [-0.3, -0.25) is 0 Å². The molecule has 0 N–H and O–H groups in total. The fraction of sp³-hybridized carbons (Fsp3) is 0.385. The topological polar surface area (TPSA) is 0 Å². The van der Waals surface area contributed by atoms with E-state index in [1.54, 1.807) is 0 Å². The minimum Gasteiger partial charge on any atom is -0.119 e. The number of rotatable bonds is 1. The van der Waals surface area contributed by atoms with E-state index in [4.69, 9.17) is 6.42 Å². The summed E-state index contributed by atoms with van der Waals surface area (Å²) in [5.74, 6) is 3.06. The zero-order chi connectivity index (χ0) is 9.90. The van der Waals surface area contributed by atoms with Gasteiger partial charge in [0.15, 0.2) is 0 Å². The van der Waals surface area contributed by atoms with Crippen molar-refractivity contribution in [3.05, 3.63) is 35.9 Å². The molecular formula is C13H16. The molecule has 0 aromatic heterocycles. The SMILES string of the molecule is C#CC(c1ccccc1)C(C)(C)C. The average Bonchev–Trinajstić information content (AvgIpc) is 2.05. The van der Waals surface area contributed by atoms with Crippen LogP contribution in [0.4, 0.5) is 0 Å². The van der Waals surface area contributed by atoms with Gasteiger partial charge in [-0.25, -0.2) is 0 Å². The van der Waals surface area contributed by atoms with Crippen LogP contribution < -0.4 is 0 Å². The van der Waals surface area contributed by atoms with Crippen molar-refractivity contribution in [1.82, 2.24) is 0 Å². The third kappa shape index (κ3) is 2.36. The van der Waals surface area contributed by atoms with Crippen molar-refractivity contribution in [3.8, 4) is 12.3 Å². The molecule has 0 spiro atoms. The highest BCUT2D eigenvalue weighted by molar-refractivity contribution is 5.28. The van der Waals surface area contributed by atoms with E-state index >= 15 is 0 Å². The van der Waals surface area contributed by atoms with Crippen LogP contribution in [0.1, 0.15) is 32.3 Å². The van der Waals surface area contributed by atoms with Gasteiger partial charge in [0, 0.05) is 5.92 Å². The van der Waals surface area contributed by atoms with Crippen LogP contribution >= 0.6 is 0 Å². The second-order valence-corrected chi connectivity index (χ2v) is 4.38. The third-order valence-electron chi connectivity index (χ3n) is 2.17. The number of hydrogen-bond donors (Lipinski definition) is 0. The number of benzene rings is 1. The first-order valence-corrected chi connectivity index (χ1v) is 4.57. The monoisotopic (exact) mass is 172 g/mol. The van der Waals surface area contributed by atoms with Gasteiger partial charge in [0.1, 0.15) is 0 Å². The fourth-order valence-electron chi connectivity index (χ4n) is 1.49. The van der Waals surface area contributed by atoms with Crippen molar-refractivity contribution in [3.63, 3.8) is 0 Å². The molecule has 1 unspecified atom stereocenters. The Balaban J connectivity index is 3.01. The molecule has 0 aliphatic carbocycles. The maximum Gasteiger partial charge on any atom is 0.0497 e. The summed E-state index contributed by atoms with van der Waals surface area (Å²) in [4.78, 5) is 0. The Kier molecular flexibility index (Phi) is 2.78. The Bertz CT molecular complexity index is 295. The Morgan fingerprint density at radius 1 is 1.15 bits per heavy atom. The minimum atomic E-state index is 0.135. The highest BCUT2D eigenvalue weighted by Crippen LogP contribution is 2.33. The molecule has 0 heteroatoms. The van der Waals surface area contributed by atoms with Gasteiger partial charge in [-0.1, -0.05) is 57.0 Å². The molecule has 0 aliphatic rings. The van der Waals surface area contributed by atoms with Crippen molar-refractivity contribution in [2.75, 3.05) is 0 Å². The molecule has 68 valence electrons. The average molecular weight is 172 g/mol. The summed E-state index contributed by atoms with van der Waals surface area (Å²) in [7, 11) is 0. The molecule has 0 saturated heterocycles. The summed E-state index contributed by atoms with van der Waals surface area (Å²) in [6.07, 6.45) is 5.54. The predicted molar refractivity (Wildman–Crippen MR) is 57.5 cm³/mol. The molecule has 0 aliphatic heterocycles. The van der Waals surface area contributed by atoms with Gasteiger partial charge in [0.25, 0.3) is 0 Å². The molecule has 0 amide bonds.